The molecule has 0 unspecified atom stereocenters. The van der Waals surface area contributed by atoms with Crippen LogP contribution in [0, 0.1) is 0 Å². The van der Waals surface area contributed by atoms with E-state index in [0.717, 1.165) is 0 Å². The van der Waals surface area contributed by atoms with Crippen molar-refractivity contribution in [2.24, 2.45) is 0 Å². The lowest BCUT2D eigenvalue weighted by molar-refractivity contribution is -0.157. The number of cyclic esters (lactones) is 3. The predicted molar refractivity (Wildman–Crippen MR) is 77.8 cm³/mol. The molecule has 0 aliphatic carbocycles. The largest absolute Gasteiger partial charge is 0.462 e. The Morgan fingerprint density at radius 2 is 1.17 bits per heavy atom. The average molecular weight is 342 g/mol. The van der Waals surface area contributed by atoms with Gasteiger partial charge in [0.1, 0.15) is 18.3 Å². The molecule has 0 radical (unpaired) electrons. The molecule has 0 aromatic heterocycles. The van der Waals surface area contributed by atoms with Crippen molar-refractivity contribution in [1.29, 1.82) is 0 Å². The van der Waals surface area contributed by atoms with Crippen LogP contribution in [-0.4, -0.2) is 60.6 Å². The Morgan fingerprint density at radius 3 is 1.71 bits per heavy atom. The molecular formula is C16H22O8. The van der Waals surface area contributed by atoms with Crippen LogP contribution in [0.5, 0.6) is 0 Å². The Morgan fingerprint density at radius 1 is 0.708 bits per heavy atom. The molecule has 24 heavy (non-hydrogen) atoms. The quantitative estimate of drug-likeness (QED) is 0.356. The fourth-order valence-electron chi connectivity index (χ4n) is 2.89. The minimum Gasteiger partial charge on any atom is -0.462 e. The van der Waals surface area contributed by atoms with Crippen molar-refractivity contribution >= 4 is 17.9 Å². The van der Waals surface area contributed by atoms with Gasteiger partial charge in [-0.3, -0.25) is 4.79 Å². The molecule has 3 aliphatic rings. The molecule has 134 valence electrons. The minimum absolute atomic E-state index is 0.0269. The SMILES string of the molecule is C[C@H]1C[C@H]2O[C@@H]2C(=O)O[C@@H](C)C[C@H]2O[C@@H]2C(=O)O[C@@H](C)CC(=O)O1. The first-order chi connectivity index (χ1) is 11.3. The fraction of sp³-hybridized carbons (Fsp3) is 0.812. The molecule has 0 saturated carbocycles. The number of epoxide rings is 2. The zero-order valence-corrected chi connectivity index (χ0v) is 13.9. The molecule has 0 bridgehead atoms. The molecule has 3 saturated heterocycles. The summed E-state index contributed by atoms with van der Waals surface area (Å²) in [6.45, 7) is 5.11. The maximum atomic E-state index is 12.0. The number of carbonyl (C=O) groups excluding carboxylic acids is 3. The number of esters is 3. The van der Waals surface area contributed by atoms with E-state index in [4.69, 9.17) is 23.7 Å². The lowest BCUT2D eigenvalue weighted by Gasteiger charge is -2.16. The topological polar surface area (TPSA) is 104 Å². The van der Waals surface area contributed by atoms with Crippen LogP contribution in [0.25, 0.3) is 0 Å². The van der Waals surface area contributed by atoms with Gasteiger partial charge < -0.3 is 23.7 Å². The average Bonchev–Trinajstić information content (AvgIpc) is 3.33. The Bertz CT molecular complexity index is 532. The van der Waals surface area contributed by atoms with E-state index in [9.17, 15) is 14.4 Å². The summed E-state index contributed by atoms with van der Waals surface area (Å²) in [7, 11) is 0. The van der Waals surface area contributed by atoms with E-state index < -0.39 is 42.3 Å². The van der Waals surface area contributed by atoms with Gasteiger partial charge in [-0.2, -0.15) is 0 Å². The number of hydrogen-bond donors (Lipinski definition) is 0. The summed E-state index contributed by atoms with van der Waals surface area (Å²) in [5.41, 5.74) is 0. The zero-order valence-electron chi connectivity index (χ0n) is 13.9. The van der Waals surface area contributed by atoms with Crippen LogP contribution in [0.3, 0.4) is 0 Å². The molecule has 3 rings (SSSR count). The third-order valence-electron chi connectivity index (χ3n) is 4.18. The van der Waals surface area contributed by atoms with Crippen LogP contribution < -0.4 is 0 Å². The van der Waals surface area contributed by atoms with Gasteiger partial charge in [0.05, 0.1) is 18.6 Å². The normalized spacial score (nSPS) is 43.6. The summed E-state index contributed by atoms with van der Waals surface area (Å²) >= 11 is 0. The smallest absolute Gasteiger partial charge is 0.338 e. The van der Waals surface area contributed by atoms with Crippen LogP contribution in [0.15, 0.2) is 0 Å². The number of rotatable bonds is 0. The summed E-state index contributed by atoms with van der Waals surface area (Å²) in [6, 6.07) is 0. The molecule has 7 atom stereocenters. The van der Waals surface area contributed by atoms with Gasteiger partial charge in [-0.1, -0.05) is 0 Å². The van der Waals surface area contributed by atoms with Crippen molar-refractivity contribution in [2.75, 3.05) is 0 Å². The van der Waals surface area contributed by atoms with Crippen molar-refractivity contribution in [3.8, 4) is 0 Å². The van der Waals surface area contributed by atoms with E-state index >= 15 is 0 Å². The fourth-order valence-corrected chi connectivity index (χ4v) is 2.89. The zero-order chi connectivity index (χ0) is 17.4. The lowest BCUT2D eigenvalue weighted by Crippen LogP contribution is -2.28. The second-order valence-electron chi connectivity index (χ2n) is 6.66. The highest BCUT2D eigenvalue weighted by Gasteiger charge is 2.50. The van der Waals surface area contributed by atoms with E-state index in [-0.39, 0.29) is 24.7 Å². The van der Waals surface area contributed by atoms with Crippen molar-refractivity contribution in [3.63, 3.8) is 0 Å². The van der Waals surface area contributed by atoms with Gasteiger partial charge in [-0.15, -0.1) is 0 Å². The van der Waals surface area contributed by atoms with Crippen LogP contribution in [0.2, 0.25) is 0 Å². The molecular weight excluding hydrogens is 320 g/mol. The van der Waals surface area contributed by atoms with E-state index in [1.54, 1.807) is 20.8 Å². The maximum absolute atomic E-state index is 12.0. The van der Waals surface area contributed by atoms with Crippen LogP contribution in [0.1, 0.15) is 40.0 Å². The predicted octanol–water partition coefficient (Wildman–Crippen LogP) is 0.500. The van der Waals surface area contributed by atoms with Crippen molar-refractivity contribution in [2.45, 2.75) is 82.8 Å². The van der Waals surface area contributed by atoms with Crippen molar-refractivity contribution in [1.82, 2.24) is 0 Å². The van der Waals surface area contributed by atoms with Gasteiger partial charge >= 0.3 is 17.9 Å². The van der Waals surface area contributed by atoms with E-state index in [1.165, 1.54) is 0 Å². The first-order valence-corrected chi connectivity index (χ1v) is 8.25. The van der Waals surface area contributed by atoms with Crippen LogP contribution in [0.4, 0.5) is 0 Å². The molecule has 3 heterocycles. The Labute approximate surface area is 139 Å². The summed E-state index contributed by atoms with van der Waals surface area (Å²) in [4.78, 5) is 35.7. The lowest BCUT2D eigenvalue weighted by atomic mass is 10.1. The molecule has 8 heteroatoms. The van der Waals surface area contributed by atoms with Gasteiger partial charge in [0.15, 0.2) is 12.2 Å². The first kappa shape index (κ1) is 17.2. The second-order valence-corrected chi connectivity index (χ2v) is 6.66. The van der Waals surface area contributed by atoms with Gasteiger partial charge in [0, 0.05) is 12.8 Å². The monoisotopic (exact) mass is 342 g/mol. The molecule has 0 amide bonds. The summed E-state index contributed by atoms with van der Waals surface area (Å²) in [6.07, 6.45) is -2.46. The molecule has 0 N–H and O–H groups in total. The van der Waals surface area contributed by atoms with Crippen LogP contribution in [-0.2, 0) is 38.1 Å². The van der Waals surface area contributed by atoms with Gasteiger partial charge in [0.25, 0.3) is 0 Å². The molecule has 0 aromatic carbocycles. The van der Waals surface area contributed by atoms with E-state index in [2.05, 4.69) is 0 Å². The molecule has 0 aromatic rings. The minimum atomic E-state index is -0.665. The number of fused-ring (bicyclic) bond motifs is 2. The summed E-state index contributed by atoms with van der Waals surface area (Å²) in [5, 5.41) is 0. The van der Waals surface area contributed by atoms with Gasteiger partial charge in [0.2, 0.25) is 0 Å². The van der Waals surface area contributed by atoms with E-state index in [1.807, 2.05) is 0 Å². The Kier molecular flexibility index (Phi) is 4.78. The first-order valence-electron chi connectivity index (χ1n) is 8.25. The molecule has 0 spiro atoms. The third-order valence-corrected chi connectivity index (χ3v) is 4.18. The highest BCUT2D eigenvalue weighted by molar-refractivity contribution is 5.79. The van der Waals surface area contributed by atoms with Crippen LogP contribution >= 0.6 is 0 Å². The van der Waals surface area contributed by atoms with Gasteiger partial charge in [-0.05, 0) is 20.8 Å². The summed E-state index contributed by atoms with van der Waals surface area (Å²) in [5.74, 6) is -1.41. The maximum Gasteiger partial charge on any atom is 0.338 e. The van der Waals surface area contributed by atoms with Gasteiger partial charge in [-0.25, -0.2) is 9.59 Å². The molecule has 3 fully saturated rings. The standard InChI is InChI=1S/C16H22O8/c1-7-4-10-13(23-10)15(18)21-8(2)5-11-14(24-11)16(19)22-9(3)6-12(17)20-7/h7-11,13-14H,4-6H2,1-3H3/t7-,8-,9-,10+,11+,13-,14-/m0/s1. The highest BCUT2D eigenvalue weighted by Crippen LogP contribution is 2.32. The number of carbonyl (C=O) groups is 3. The molecule has 3 aliphatic heterocycles. The van der Waals surface area contributed by atoms with Crippen molar-refractivity contribution < 1.29 is 38.1 Å². The number of ether oxygens (including phenoxy) is 5. The Balaban J connectivity index is 1.63. The summed E-state index contributed by atoms with van der Waals surface area (Å²) < 4.78 is 26.3. The number of hydrogen-bond acceptors (Lipinski definition) is 8. The molecule has 8 nitrogen and oxygen atoms in total. The third kappa shape index (κ3) is 4.24. The van der Waals surface area contributed by atoms with E-state index in [0.29, 0.717) is 12.8 Å². The second kappa shape index (κ2) is 6.68. The highest BCUT2D eigenvalue weighted by atomic mass is 16.7. The Hall–Kier alpha value is -1.67. The van der Waals surface area contributed by atoms with Crippen molar-refractivity contribution in [3.05, 3.63) is 0 Å².